The molecule has 4 rings (SSSR count). The summed E-state index contributed by atoms with van der Waals surface area (Å²) in [7, 11) is 3.27. The lowest BCUT2D eigenvalue weighted by Gasteiger charge is -2.26. The number of benzene rings is 2. The molecule has 0 bridgehead atoms. The molecule has 0 spiro atoms. The lowest BCUT2D eigenvalue weighted by Crippen LogP contribution is -2.33. The number of carbonyl (C=O) groups is 1. The first-order chi connectivity index (χ1) is 13.2. The summed E-state index contributed by atoms with van der Waals surface area (Å²) in [6.45, 7) is 0.904. The van der Waals surface area contributed by atoms with Crippen LogP contribution in [0.15, 0.2) is 42.5 Å². The van der Waals surface area contributed by atoms with Crippen molar-refractivity contribution in [3.8, 4) is 11.5 Å². The van der Waals surface area contributed by atoms with Crippen LogP contribution in [0.4, 0.5) is 0 Å². The number of ether oxygens (including phenoxy) is 2. The normalized spacial score (nSPS) is 16.7. The average Bonchev–Trinajstić information content (AvgIpc) is 3.35. The van der Waals surface area contributed by atoms with Crippen molar-refractivity contribution in [1.29, 1.82) is 0 Å². The molecular formula is C20H22N4O3. The Morgan fingerprint density at radius 2 is 2.04 bits per heavy atom. The molecule has 7 heteroatoms. The van der Waals surface area contributed by atoms with Crippen molar-refractivity contribution >= 4 is 16.9 Å². The van der Waals surface area contributed by atoms with Crippen molar-refractivity contribution < 1.29 is 14.3 Å². The van der Waals surface area contributed by atoms with Crippen LogP contribution in [-0.2, 0) is 11.3 Å². The number of aromatic nitrogens is 3. The summed E-state index contributed by atoms with van der Waals surface area (Å²) in [4.78, 5) is 15.0. The van der Waals surface area contributed by atoms with E-state index in [1.165, 1.54) is 0 Å². The lowest BCUT2D eigenvalue weighted by atomic mass is 10.0. The van der Waals surface area contributed by atoms with E-state index in [9.17, 15) is 4.79 Å². The molecule has 1 amide bonds. The van der Waals surface area contributed by atoms with E-state index >= 15 is 0 Å². The SMILES string of the molecule is COc1ccc([C@H]2CCCN2C(=O)Cn2nnc3ccccc32)c(OC)c1. The number of methoxy groups -OCH3 is 2. The Balaban J connectivity index is 1.59. The number of para-hydroxylation sites is 1. The Kier molecular flexibility index (Phi) is 4.66. The van der Waals surface area contributed by atoms with Crippen LogP contribution in [0.2, 0.25) is 0 Å². The number of likely N-dealkylation sites (tertiary alicyclic amines) is 1. The summed E-state index contributed by atoms with van der Waals surface area (Å²) in [5.74, 6) is 1.51. The second-order valence-corrected chi connectivity index (χ2v) is 6.59. The van der Waals surface area contributed by atoms with Crippen molar-refractivity contribution in [3.63, 3.8) is 0 Å². The predicted molar refractivity (Wildman–Crippen MR) is 101 cm³/mol. The molecule has 0 aliphatic carbocycles. The topological polar surface area (TPSA) is 69.5 Å². The minimum Gasteiger partial charge on any atom is -0.497 e. The zero-order valence-electron chi connectivity index (χ0n) is 15.5. The van der Waals surface area contributed by atoms with Gasteiger partial charge in [0.2, 0.25) is 5.91 Å². The van der Waals surface area contributed by atoms with Crippen molar-refractivity contribution in [2.24, 2.45) is 0 Å². The fourth-order valence-electron chi connectivity index (χ4n) is 3.74. The molecule has 0 radical (unpaired) electrons. The molecule has 1 atom stereocenters. The third kappa shape index (κ3) is 3.20. The second kappa shape index (κ2) is 7.26. The molecule has 2 aromatic carbocycles. The molecular weight excluding hydrogens is 344 g/mol. The quantitative estimate of drug-likeness (QED) is 0.694. The maximum Gasteiger partial charge on any atom is 0.244 e. The fraction of sp³-hybridized carbons (Fsp3) is 0.350. The van der Waals surface area contributed by atoms with Gasteiger partial charge in [-0.3, -0.25) is 4.79 Å². The first-order valence-corrected chi connectivity index (χ1v) is 9.01. The Morgan fingerprint density at radius 3 is 2.85 bits per heavy atom. The van der Waals surface area contributed by atoms with Crippen LogP contribution in [0.3, 0.4) is 0 Å². The summed E-state index contributed by atoms with van der Waals surface area (Å²) in [5, 5.41) is 8.27. The van der Waals surface area contributed by atoms with Gasteiger partial charge in [-0.15, -0.1) is 5.10 Å². The summed E-state index contributed by atoms with van der Waals surface area (Å²) in [6, 6.07) is 13.4. The number of hydrogen-bond acceptors (Lipinski definition) is 5. The van der Waals surface area contributed by atoms with E-state index in [4.69, 9.17) is 9.47 Å². The highest BCUT2D eigenvalue weighted by Crippen LogP contribution is 2.38. The summed E-state index contributed by atoms with van der Waals surface area (Å²) < 4.78 is 12.5. The highest BCUT2D eigenvalue weighted by atomic mass is 16.5. The number of fused-ring (bicyclic) bond motifs is 1. The first kappa shape index (κ1) is 17.3. The number of amides is 1. The van der Waals surface area contributed by atoms with Gasteiger partial charge in [-0.05, 0) is 37.1 Å². The first-order valence-electron chi connectivity index (χ1n) is 9.01. The van der Waals surface area contributed by atoms with Crippen LogP contribution in [0.25, 0.3) is 11.0 Å². The van der Waals surface area contributed by atoms with Gasteiger partial charge in [0.1, 0.15) is 23.6 Å². The van der Waals surface area contributed by atoms with Crippen molar-refractivity contribution in [3.05, 3.63) is 48.0 Å². The van der Waals surface area contributed by atoms with Crippen LogP contribution in [-0.4, -0.2) is 46.6 Å². The molecule has 0 saturated carbocycles. The van der Waals surface area contributed by atoms with Crippen LogP contribution in [0, 0.1) is 0 Å². The predicted octanol–water partition coefficient (Wildman–Crippen LogP) is 2.81. The van der Waals surface area contributed by atoms with Gasteiger partial charge < -0.3 is 14.4 Å². The molecule has 1 fully saturated rings. The van der Waals surface area contributed by atoms with Crippen LogP contribution in [0.5, 0.6) is 11.5 Å². The molecule has 7 nitrogen and oxygen atoms in total. The average molecular weight is 366 g/mol. The smallest absolute Gasteiger partial charge is 0.244 e. The maximum atomic E-state index is 13.0. The van der Waals surface area contributed by atoms with Gasteiger partial charge in [0.15, 0.2) is 0 Å². The Morgan fingerprint density at radius 1 is 1.19 bits per heavy atom. The third-order valence-electron chi connectivity index (χ3n) is 5.08. The van der Waals surface area contributed by atoms with Crippen molar-refractivity contribution in [2.75, 3.05) is 20.8 Å². The highest BCUT2D eigenvalue weighted by molar-refractivity contribution is 5.80. The largest absolute Gasteiger partial charge is 0.497 e. The third-order valence-corrected chi connectivity index (χ3v) is 5.08. The minimum absolute atomic E-state index is 0.00635. The summed E-state index contributed by atoms with van der Waals surface area (Å²) in [5.41, 5.74) is 2.66. The molecule has 1 aliphatic rings. The standard InChI is InChI=1S/C20H22N4O3/c1-26-14-9-10-15(19(12-14)27-2)17-8-5-11-23(17)20(25)13-24-18-7-4-3-6-16(18)21-22-24/h3-4,6-7,9-10,12,17H,5,8,11,13H2,1-2H3/t17-/m1/s1. The molecule has 3 aromatic rings. The monoisotopic (exact) mass is 366 g/mol. The molecule has 0 N–H and O–H groups in total. The van der Waals surface area contributed by atoms with E-state index in [-0.39, 0.29) is 18.5 Å². The van der Waals surface area contributed by atoms with Crippen molar-refractivity contribution in [1.82, 2.24) is 19.9 Å². The molecule has 2 heterocycles. The zero-order chi connectivity index (χ0) is 18.8. The molecule has 1 saturated heterocycles. The minimum atomic E-state index is -0.00635. The lowest BCUT2D eigenvalue weighted by molar-refractivity contribution is -0.132. The molecule has 1 aromatic heterocycles. The van der Waals surface area contributed by atoms with Crippen LogP contribution < -0.4 is 9.47 Å². The number of rotatable bonds is 5. The molecule has 140 valence electrons. The van der Waals surface area contributed by atoms with Crippen LogP contribution in [0.1, 0.15) is 24.4 Å². The fourth-order valence-corrected chi connectivity index (χ4v) is 3.74. The van der Waals surface area contributed by atoms with E-state index in [0.717, 1.165) is 47.5 Å². The van der Waals surface area contributed by atoms with Gasteiger partial charge >= 0.3 is 0 Å². The molecule has 27 heavy (non-hydrogen) atoms. The van der Waals surface area contributed by atoms with Gasteiger partial charge in [0.25, 0.3) is 0 Å². The highest BCUT2D eigenvalue weighted by Gasteiger charge is 2.32. The summed E-state index contributed by atoms with van der Waals surface area (Å²) in [6.07, 6.45) is 1.87. The molecule has 1 aliphatic heterocycles. The van der Waals surface area contributed by atoms with Gasteiger partial charge in [0, 0.05) is 18.2 Å². The van der Waals surface area contributed by atoms with E-state index in [1.807, 2.05) is 47.4 Å². The van der Waals surface area contributed by atoms with Gasteiger partial charge in [-0.1, -0.05) is 17.3 Å². The van der Waals surface area contributed by atoms with Crippen LogP contribution >= 0.6 is 0 Å². The number of nitrogens with zero attached hydrogens (tertiary/aromatic N) is 4. The zero-order valence-corrected chi connectivity index (χ0v) is 15.5. The number of hydrogen-bond donors (Lipinski definition) is 0. The van der Waals surface area contributed by atoms with Gasteiger partial charge in [0.05, 0.1) is 25.8 Å². The second-order valence-electron chi connectivity index (χ2n) is 6.59. The van der Waals surface area contributed by atoms with Gasteiger partial charge in [-0.2, -0.15) is 0 Å². The Labute approximate surface area is 157 Å². The summed E-state index contributed by atoms with van der Waals surface area (Å²) >= 11 is 0. The maximum absolute atomic E-state index is 13.0. The molecule has 0 unspecified atom stereocenters. The van der Waals surface area contributed by atoms with E-state index in [2.05, 4.69) is 10.3 Å². The number of carbonyl (C=O) groups excluding carboxylic acids is 1. The van der Waals surface area contributed by atoms with E-state index in [0.29, 0.717) is 0 Å². The van der Waals surface area contributed by atoms with E-state index < -0.39 is 0 Å². The Bertz CT molecular complexity index is 969. The van der Waals surface area contributed by atoms with E-state index in [1.54, 1.807) is 18.9 Å². The van der Waals surface area contributed by atoms with Gasteiger partial charge in [-0.25, -0.2) is 4.68 Å². The van der Waals surface area contributed by atoms with Crippen molar-refractivity contribution in [2.45, 2.75) is 25.4 Å². The Hall–Kier alpha value is -3.09.